The van der Waals surface area contributed by atoms with Gasteiger partial charge >= 0.3 is 13.8 Å². The van der Waals surface area contributed by atoms with Crippen molar-refractivity contribution in [2.24, 2.45) is 0 Å². The smallest absolute Gasteiger partial charge is 0.345 e. The van der Waals surface area contributed by atoms with E-state index in [1.54, 1.807) is 40.1 Å². The van der Waals surface area contributed by atoms with Gasteiger partial charge in [-0.25, -0.2) is 4.98 Å². The standard InChI is InChI=1S/C32H40F3N4O4P/c1-22-16-24(18-25(17-22)32(33,34)35)31(3,4)30(40)37(5)28-20-36-29(19-27(28)26-11-9-8-10-23(26)2)38-12-14-39(6,15-13-38)21-43-44(7,41)42/h8-11,16-20H,12-15,21H2,1-7H3/p+1. The lowest BCUT2D eigenvalue weighted by molar-refractivity contribution is -0.925. The average molecular weight is 634 g/mol. The molecule has 1 unspecified atom stereocenters. The molecule has 1 atom stereocenters. The van der Waals surface area contributed by atoms with Crippen LogP contribution in [0.3, 0.4) is 0 Å². The molecule has 0 radical (unpaired) electrons. The van der Waals surface area contributed by atoms with Crippen LogP contribution in [0.5, 0.6) is 0 Å². The molecule has 0 aliphatic carbocycles. The van der Waals surface area contributed by atoms with Crippen molar-refractivity contribution in [2.75, 3.05) is 63.5 Å². The minimum absolute atomic E-state index is 0.132. The van der Waals surface area contributed by atoms with E-state index in [-0.39, 0.29) is 18.2 Å². The topological polar surface area (TPSA) is 83.0 Å². The van der Waals surface area contributed by atoms with Crippen LogP contribution in [0.25, 0.3) is 11.1 Å². The Hall–Kier alpha value is -3.24. The predicted molar refractivity (Wildman–Crippen MR) is 167 cm³/mol. The monoisotopic (exact) mass is 633 g/mol. The van der Waals surface area contributed by atoms with Gasteiger partial charge in [0.2, 0.25) is 5.91 Å². The molecule has 1 saturated heterocycles. The van der Waals surface area contributed by atoms with E-state index in [1.807, 2.05) is 44.3 Å². The van der Waals surface area contributed by atoms with Crippen molar-refractivity contribution in [3.05, 3.63) is 77.0 Å². The zero-order chi connectivity index (χ0) is 32.7. The van der Waals surface area contributed by atoms with Crippen molar-refractivity contribution < 1.29 is 36.4 Å². The molecule has 8 nitrogen and oxygen atoms in total. The highest BCUT2D eigenvalue weighted by Gasteiger charge is 2.38. The van der Waals surface area contributed by atoms with Crippen molar-refractivity contribution in [3.8, 4) is 11.1 Å². The summed E-state index contributed by atoms with van der Waals surface area (Å²) in [5.74, 6) is 0.347. The predicted octanol–water partition coefficient (Wildman–Crippen LogP) is 6.38. The van der Waals surface area contributed by atoms with E-state index in [2.05, 4.69) is 4.90 Å². The third kappa shape index (κ3) is 7.51. The van der Waals surface area contributed by atoms with Gasteiger partial charge in [0.15, 0.2) is 6.73 Å². The normalized spacial score (nSPS) is 16.8. The number of hydrogen-bond donors (Lipinski definition) is 1. The molecule has 1 amide bonds. The van der Waals surface area contributed by atoms with Gasteiger partial charge in [0.25, 0.3) is 0 Å². The minimum atomic E-state index is -4.53. The molecule has 3 aromatic rings. The van der Waals surface area contributed by atoms with Gasteiger partial charge in [0.1, 0.15) is 5.82 Å². The fourth-order valence-corrected chi connectivity index (χ4v) is 5.97. The number of amides is 1. The molecule has 1 N–H and O–H groups in total. The van der Waals surface area contributed by atoms with E-state index in [4.69, 9.17) is 9.51 Å². The van der Waals surface area contributed by atoms with Gasteiger partial charge in [-0.05, 0) is 62.6 Å². The number of carbonyl (C=O) groups is 1. The van der Waals surface area contributed by atoms with Gasteiger partial charge in [-0.2, -0.15) is 13.2 Å². The number of aryl methyl sites for hydroxylation is 2. The number of carbonyl (C=O) groups excluding carboxylic acids is 1. The summed E-state index contributed by atoms with van der Waals surface area (Å²) < 4.78 is 58.2. The summed E-state index contributed by atoms with van der Waals surface area (Å²) in [6, 6.07) is 13.5. The van der Waals surface area contributed by atoms with Crippen LogP contribution in [0.2, 0.25) is 0 Å². The fraction of sp³-hybridized carbons (Fsp3) is 0.438. The maximum absolute atomic E-state index is 14.1. The first-order valence-electron chi connectivity index (χ1n) is 14.4. The first-order chi connectivity index (χ1) is 20.3. The Morgan fingerprint density at radius 2 is 1.68 bits per heavy atom. The van der Waals surface area contributed by atoms with E-state index in [0.717, 1.165) is 34.6 Å². The Kier molecular flexibility index (Phi) is 9.39. The first kappa shape index (κ1) is 33.6. The van der Waals surface area contributed by atoms with Crippen LogP contribution in [-0.2, 0) is 25.5 Å². The van der Waals surface area contributed by atoms with E-state index < -0.39 is 24.8 Å². The first-order valence-corrected chi connectivity index (χ1v) is 16.4. The maximum Gasteiger partial charge on any atom is 0.416 e. The Bertz CT molecular complexity index is 1580. The number of quaternary nitrogens is 1. The van der Waals surface area contributed by atoms with Crippen LogP contribution >= 0.6 is 7.60 Å². The SMILES string of the molecule is Cc1cc(C(F)(F)F)cc(C(C)(C)C(=O)N(C)c2cnc(N3CC[N+](C)(COP(C)(=O)O)CC3)cc2-c2ccccc2C)c1. The van der Waals surface area contributed by atoms with Crippen molar-refractivity contribution in [3.63, 3.8) is 0 Å². The van der Waals surface area contributed by atoms with Crippen LogP contribution in [0.4, 0.5) is 24.7 Å². The summed E-state index contributed by atoms with van der Waals surface area (Å²) in [4.78, 5) is 32.0. The number of anilines is 2. The molecule has 1 fully saturated rings. The minimum Gasteiger partial charge on any atom is -0.345 e. The second-order valence-electron chi connectivity index (χ2n) is 12.6. The summed E-state index contributed by atoms with van der Waals surface area (Å²) in [5.41, 5.74) is 1.87. The van der Waals surface area contributed by atoms with E-state index in [1.165, 1.54) is 11.6 Å². The molecule has 4 rings (SSSR count). The number of piperazine rings is 1. The largest absolute Gasteiger partial charge is 0.416 e. The molecule has 0 saturated carbocycles. The van der Waals surface area contributed by atoms with Gasteiger partial charge in [0.05, 0.1) is 56.1 Å². The summed E-state index contributed by atoms with van der Waals surface area (Å²) >= 11 is 0. The molecule has 12 heteroatoms. The number of aromatic nitrogens is 1. The van der Waals surface area contributed by atoms with Gasteiger partial charge in [-0.15, -0.1) is 0 Å². The van der Waals surface area contributed by atoms with Crippen molar-refractivity contribution in [1.29, 1.82) is 0 Å². The van der Waals surface area contributed by atoms with Crippen molar-refractivity contribution in [1.82, 2.24) is 4.98 Å². The Morgan fingerprint density at radius 3 is 2.27 bits per heavy atom. The molecule has 0 spiro atoms. The zero-order valence-corrected chi connectivity index (χ0v) is 27.2. The number of alkyl halides is 3. The molecule has 44 heavy (non-hydrogen) atoms. The van der Waals surface area contributed by atoms with Crippen LogP contribution in [0, 0.1) is 13.8 Å². The quantitative estimate of drug-likeness (QED) is 0.229. The third-order valence-corrected chi connectivity index (χ3v) is 8.98. The van der Waals surface area contributed by atoms with Gasteiger partial charge in [-0.3, -0.25) is 13.9 Å². The molecule has 1 aliphatic heterocycles. The number of likely N-dealkylation sites (N-methyl/N-ethyl adjacent to an activating group) is 2. The summed E-state index contributed by atoms with van der Waals surface area (Å²) in [6.07, 6.45) is -2.88. The second kappa shape index (κ2) is 12.3. The van der Waals surface area contributed by atoms with E-state index in [9.17, 15) is 27.4 Å². The molecule has 238 valence electrons. The highest BCUT2D eigenvalue weighted by Crippen LogP contribution is 2.40. The van der Waals surface area contributed by atoms with Crippen molar-refractivity contribution in [2.45, 2.75) is 39.3 Å². The number of rotatable bonds is 8. The lowest BCUT2D eigenvalue weighted by Gasteiger charge is -2.42. The number of benzene rings is 2. The van der Waals surface area contributed by atoms with Crippen LogP contribution in [-0.4, -0.2) is 73.9 Å². The Balaban J connectivity index is 1.68. The lowest BCUT2D eigenvalue weighted by atomic mass is 9.81. The van der Waals surface area contributed by atoms with Crippen molar-refractivity contribution >= 4 is 25.0 Å². The molecule has 2 aromatic carbocycles. The number of nitrogens with zero attached hydrogens (tertiary/aromatic N) is 4. The molecular weight excluding hydrogens is 592 g/mol. The third-order valence-electron chi connectivity index (χ3n) is 8.38. The summed E-state index contributed by atoms with van der Waals surface area (Å²) in [7, 11) is 0.0231. The molecule has 2 heterocycles. The number of hydrogen-bond acceptors (Lipinski definition) is 5. The highest BCUT2D eigenvalue weighted by molar-refractivity contribution is 7.51. The number of pyridine rings is 1. The number of halogens is 3. The van der Waals surface area contributed by atoms with Crippen LogP contribution in [0.1, 0.15) is 36.1 Å². The average Bonchev–Trinajstić information content (AvgIpc) is 2.95. The molecule has 1 aromatic heterocycles. The maximum atomic E-state index is 14.1. The van der Waals surface area contributed by atoms with Gasteiger partial charge < -0.3 is 19.2 Å². The van der Waals surface area contributed by atoms with E-state index in [0.29, 0.717) is 41.9 Å². The molecule has 1 aliphatic rings. The van der Waals surface area contributed by atoms with Gasteiger partial charge in [0, 0.05) is 19.3 Å². The lowest BCUT2D eigenvalue weighted by Crippen LogP contribution is -2.58. The van der Waals surface area contributed by atoms with Gasteiger partial charge in [-0.1, -0.05) is 35.9 Å². The second-order valence-corrected chi connectivity index (χ2v) is 14.4. The van der Waals surface area contributed by atoms with Crippen LogP contribution in [0.15, 0.2) is 54.7 Å². The summed E-state index contributed by atoms with van der Waals surface area (Å²) in [5, 5.41) is 0. The van der Waals surface area contributed by atoms with E-state index >= 15 is 0 Å². The zero-order valence-electron chi connectivity index (χ0n) is 26.3. The molecule has 0 bridgehead atoms. The fourth-order valence-electron chi connectivity index (χ4n) is 5.48. The Labute approximate surface area is 257 Å². The van der Waals surface area contributed by atoms with Crippen LogP contribution < -0.4 is 9.80 Å². The highest BCUT2D eigenvalue weighted by atomic mass is 31.2. The summed E-state index contributed by atoms with van der Waals surface area (Å²) in [6.45, 7) is 10.8. The Morgan fingerprint density at radius 1 is 1.07 bits per heavy atom. The molecular formula is C32H41F3N4O4P+.